The number of aromatic nitrogens is 3. The number of benzene rings is 1. The van der Waals surface area contributed by atoms with Crippen molar-refractivity contribution in [3.05, 3.63) is 69.3 Å². The number of hydrogen-bond acceptors (Lipinski definition) is 6. The van der Waals surface area contributed by atoms with E-state index in [2.05, 4.69) is 20.7 Å². The zero-order valence-corrected chi connectivity index (χ0v) is 17.6. The number of nitrogens with zero attached hydrogens (tertiary/aromatic N) is 3. The van der Waals surface area contributed by atoms with E-state index >= 15 is 0 Å². The molecule has 9 nitrogen and oxygen atoms in total. The predicted molar refractivity (Wildman–Crippen MR) is 115 cm³/mol. The van der Waals surface area contributed by atoms with Crippen molar-refractivity contribution in [3.63, 3.8) is 0 Å². The Kier molecular flexibility index (Phi) is 5.08. The number of hydrogen-bond donors (Lipinski definition) is 2. The fourth-order valence-corrected chi connectivity index (χ4v) is 4.60. The molecule has 2 aliphatic heterocycles. The maximum atomic E-state index is 12.9. The number of piperidine rings is 1. The van der Waals surface area contributed by atoms with Crippen molar-refractivity contribution in [1.82, 2.24) is 25.6 Å². The molecule has 4 heterocycles. The Morgan fingerprint density at radius 1 is 1.16 bits per heavy atom. The Morgan fingerprint density at radius 3 is 2.69 bits per heavy atom. The third-order valence-electron chi connectivity index (χ3n) is 6.23. The molecule has 0 spiro atoms. The summed E-state index contributed by atoms with van der Waals surface area (Å²) >= 11 is 0. The zero-order valence-electron chi connectivity index (χ0n) is 17.6. The van der Waals surface area contributed by atoms with Crippen molar-refractivity contribution in [2.45, 2.75) is 38.1 Å². The van der Waals surface area contributed by atoms with Crippen molar-refractivity contribution in [3.8, 4) is 11.3 Å². The summed E-state index contributed by atoms with van der Waals surface area (Å²) in [6.07, 6.45) is 1.68. The first-order chi connectivity index (χ1) is 15.5. The molecule has 0 unspecified atom stereocenters. The van der Waals surface area contributed by atoms with Gasteiger partial charge in [-0.05, 0) is 31.4 Å². The average molecular weight is 433 g/mol. The maximum absolute atomic E-state index is 12.9. The molecule has 0 radical (unpaired) electrons. The van der Waals surface area contributed by atoms with Crippen molar-refractivity contribution in [2.24, 2.45) is 0 Å². The summed E-state index contributed by atoms with van der Waals surface area (Å²) in [5, 5.41) is 13.6. The molecular weight excluding hydrogens is 410 g/mol. The minimum absolute atomic E-state index is 0.0194. The molecule has 1 atom stereocenters. The number of fused-ring (bicyclic) bond motifs is 1. The molecule has 2 N–H and O–H groups in total. The van der Waals surface area contributed by atoms with Gasteiger partial charge in [-0.25, -0.2) is 5.10 Å². The quantitative estimate of drug-likeness (QED) is 0.651. The van der Waals surface area contributed by atoms with Crippen LogP contribution in [-0.4, -0.2) is 45.2 Å². The van der Waals surface area contributed by atoms with Gasteiger partial charge in [0, 0.05) is 42.3 Å². The van der Waals surface area contributed by atoms with Crippen LogP contribution in [0, 0.1) is 6.92 Å². The van der Waals surface area contributed by atoms with Crippen molar-refractivity contribution < 1.29 is 14.1 Å². The highest BCUT2D eigenvalue weighted by Crippen LogP contribution is 2.34. The Bertz CT molecular complexity index is 1240. The predicted octanol–water partition coefficient (Wildman–Crippen LogP) is 2.31. The lowest BCUT2D eigenvalue weighted by atomic mass is 9.89. The summed E-state index contributed by atoms with van der Waals surface area (Å²) in [5.41, 5.74) is 3.35. The van der Waals surface area contributed by atoms with Crippen LogP contribution in [0.1, 0.15) is 58.5 Å². The molecule has 1 saturated heterocycles. The summed E-state index contributed by atoms with van der Waals surface area (Å²) in [6, 6.07) is 10.4. The highest BCUT2D eigenvalue weighted by Gasteiger charge is 2.33. The van der Waals surface area contributed by atoms with Crippen LogP contribution in [0.5, 0.6) is 0 Å². The van der Waals surface area contributed by atoms with E-state index in [1.165, 1.54) is 6.07 Å². The van der Waals surface area contributed by atoms with Crippen LogP contribution in [0.15, 0.2) is 45.7 Å². The van der Waals surface area contributed by atoms with Gasteiger partial charge in [-0.3, -0.25) is 14.4 Å². The SMILES string of the molecule is Cc1cc(-c2cc(=O)[nH]nc2C2CCN(C(=O)C[C@H]3NC(=O)c4ccccc43)CC2)on1. The Morgan fingerprint density at radius 2 is 1.94 bits per heavy atom. The molecular formula is C23H23N5O4. The number of likely N-dealkylation sites (tertiary alicyclic amines) is 1. The van der Waals surface area contributed by atoms with Gasteiger partial charge in [0.05, 0.1) is 23.9 Å². The van der Waals surface area contributed by atoms with Gasteiger partial charge in [-0.2, -0.15) is 5.10 Å². The molecule has 2 amide bonds. The van der Waals surface area contributed by atoms with Gasteiger partial charge < -0.3 is 14.7 Å². The molecule has 5 rings (SSSR count). The van der Waals surface area contributed by atoms with E-state index in [4.69, 9.17) is 4.52 Å². The van der Waals surface area contributed by atoms with Crippen LogP contribution < -0.4 is 10.9 Å². The fraction of sp³-hybridized carbons (Fsp3) is 0.348. The molecule has 164 valence electrons. The lowest BCUT2D eigenvalue weighted by Crippen LogP contribution is -2.39. The molecule has 3 aromatic rings. The van der Waals surface area contributed by atoms with Gasteiger partial charge in [-0.1, -0.05) is 23.4 Å². The van der Waals surface area contributed by atoms with Crippen molar-refractivity contribution >= 4 is 11.8 Å². The Balaban J connectivity index is 1.27. The lowest BCUT2D eigenvalue weighted by molar-refractivity contribution is -0.132. The van der Waals surface area contributed by atoms with E-state index in [0.717, 1.165) is 29.8 Å². The smallest absolute Gasteiger partial charge is 0.264 e. The van der Waals surface area contributed by atoms with E-state index in [0.29, 0.717) is 30.0 Å². The third-order valence-corrected chi connectivity index (χ3v) is 6.23. The summed E-state index contributed by atoms with van der Waals surface area (Å²) in [4.78, 5) is 38.8. The number of nitrogens with one attached hydrogen (secondary N) is 2. The van der Waals surface area contributed by atoms with Crippen LogP contribution in [0.2, 0.25) is 0 Å². The molecule has 1 fully saturated rings. The minimum atomic E-state index is -0.302. The number of aryl methyl sites for hydroxylation is 1. The number of aromatic amines is 1. The van der Waals surface area contributed by atoms with E-state index < -0.39 is 0 Å². The second-order valence-electron chi connectivity index (χ2n) is 8.34. The number of carbonyl (C=O) groups excluding carboxylic acids is 2. The molecule has 2 aromatic heterocycles. The molecule has 1 aromatic carbocycles. The summed E-state index contributed by atoms with van der Waals surface area (Å²) < 4.78 is 5.37. The highest BCUT2D eigenvalue weighted by molar-refractivity contribution is 5.99. The van der Waals surface area contributed by atoms with Crippen LogP contribution in [0.25, 0.3) is 11.3 Å². The number of rotatable bonds is 4. The van der Waals surface area contributed by atoms with Crippen LogP contribution in [-0.2, 0) is 4.79 Å². The van der Waals surface area contributed by atoms with Crippen LogP contribution in [0.4, 0.5) is 0 Å². The molecule has 0 bridgehead atoms. The van der Waals surface area contributed by atoms with Gasteiger partial charge in [-0.15, -0.1) is 0 Å². The average Bonchev–Trinajstić information content (AvgIpc) is 3.37. The molecule has 0 saturated carbocycles. The van der Waals surface area contributed by atoms with E-state index in [1.54, 1.807) is 12.1 Å². The highest BCUT2D eigenvalue weighted by atomic mass is 16.5. The van der Waals surface area contributed by atoms with E-state index in [9.17, 15) is 14.4 Å². The summed E-state index contributed by atoms with van der Waals surface area (Å²) in [6.45, 7) is 2.99. The summed E-state index contributed by atoms with van der Waals surface area (Å²) in [5.74, 6) is 0.496. The van der Waals surface area contributed by atoms with Gasteiger partial charge in [0.15, 0.2) is 5.76 Å². The van der Waals surface area contributed by atoms with E-state index in [-0.39, 0.29) is 35.8 Å². The van der Waals surface area contributed by atoms with Gasteiger partial charge in [0.25, 0.3) is 11.5 Å². The van der Waals surface area contributed by atoms with E-state index in [1.807, 2.05) is 30.0 Å². The number of carbonyl (C=O) groups is 2. The minimum Gasteiger partial charge on any atom is -0.356 e. The first-order valence-electron chi connectivity index (χ1n) is 10.7. The summed E-state index contributed by atoms with van der Waals surface area (Å²) in [7, 11) is 0. The van der Waals surface area contributed by atoms with Gasteiger partial charge in [0.1, 0.15) is 0 Å². The van der Waals surface area contributed by atoms with Crippen LogP contribution in [0.3, 0.4) is 0 Å². The zero-order chi connectivity index (χ0) is 22.2. The van der Waals surface area contributed by atoms with Gasteiger partial charge >= 0.3 is 0 Å². The largest absolute Gasteiger partial charge is 0.356 e. The first kappa shape index (κ1) is 20.2. The maximum Gasteiger partial charge on any atom is 0.264 e. The first-order valence-corrected chi connectivity index (χ1v) is 10.7. The van der Waals surface area contributed by atoms with Crippen molar-refractivity contribution in [1.29, 1.82) is 0 Å². The topological polar surface area (TPSA) is 121 Å². The number of amides is 2. The van der Waals surface area contributed by atoms with Crippen LogP contribution >= 0.6 is 0 Å². The Hall–Kier alpha value is -3.75. The second kappa shape index (κ2) is 8.07. The van der Waals surface area contributed by atoms with Crippen molar-refractivity contribution in [2.75, 3.05) is 13.1 Å². The second-order valence-corrected chi connectivity index (χ2v) is 8.34. The van der Waals surface area contributed by atoms with Gasteiger partial charge in [0.2, 0.25) is 5.91 Å². The lowest BCUT2D eigenvalue weighted by Gasteiger charge is -2.32. The molecule has 2 aliphatic rings. The fourth-order valence-electron chi connectivity index (χ4n) is 4.60. The normalized spacial score (nSPS) is 18.5. The number of H-pyrrole nitrogens is 1. The molecule has 9 heteroatoms. The third kappa shape index (κ3) is 3.70. The monoisotopic (exact) mass is 433 g/mol. The molecule has 32 heavy (non-hydrogen) atoms. The standard InChI is InChI=1S/C23H23N5O4/c1-13-10-19(32-27-13)17-11-20(29)25-26-22(17)14-6-8-28(9-7-14)21(30)12-18-15-4-2-3-5-16(15)23(31)24-18/h2-5,10-11,14,18H,6-9,12H2,1H3,(H,24,31)(H,25,29)/t18-/m1/s1. The Labute approximate surface area is 183 Å². The molecule has 0 aliphatic carbocycles.